The number of halogens is 2. The SMILES string of the molecule is CN=Cc1c(N)c(-c2cc(N)ccc2Oc2ccc(F)cc2Cl)cn(C)c1=O. The summed E-state index contributed by atoms with van der Waals surface area (Å²) in [5.74, 6) is 0.195. The summed E-state index contributed by atoms with van der Waals surface area (Å²) >= 11 is 6.08. The van der Waals surface area contributed by atoms with Crippen molar-refractivity contribution >= 4 is 29.2 Å². The lowest BCUT2D eigenvalue weighted by molar-refractivity contribution is 0.482. The second-order valence-electron chi connectivity index (χ2n) is 6.11. The van der Waals surface area contributed by atoms with Gasteiger partial charge >= 0.3 is 0 Å². The number of aromatic nitrogens is 1. The van der Waals surface area contributed by atoms with Gasteiger partial charge in [-0.1, -0.05) is 11.6 Å². The number of benzene rings is 2. The van der Waals surface area contributed by atoms with Crippen molar-refractivity contribution in [1.82, 2.24) is 4.57 Å². The molecule has 0 bridgehead atoms. The monoisotopic (exact) mass is 400 g/mol. The fraction of sp³-hybridized carbons (Fsp3) is 0.100. The minimum Gasteiger partial charge on any atom is -0.455 e. The van der Waals surface area contributed by atoms with E-state index in [1.807, 2.05) is 0 Å². The molecule has 0 atom stereocenters. The summed E-state index contributed by atoms with van der Waals surface area (Å²) in [6.07, 6.45) is 3.00. The Hall–Kier alpha value is -3.32. The number of nitrogen functional groups attached to an aromatic ring is 2. The number of pyridine rings is 1. The maximum Gasteiger partial charge on any atom is 0.261 e. The van der Waals surface area contributed by atoms with Gasteiger partial charge in [0.2, 0.25) is 0 Å². The van der Waals surface area contributed by atoms with Crippen LogP contribution in [-0.4, -0.2) is 17.8 Å². The lowest BCUT2D eigenvalue weighted by Gasteiger charge is -2.16. The Labute approximate surface area is 165 Å². The zero-order valence-corrected chi connectivity index (χ0v) is 16.0. The first-order chi connectivity index (χ1) is 13.3. The largest absolute Gasteiger partial charge is 0.455 e. The van der Waals surface area contributed by atoms with E-state index in [9.17, 15) is 9.18 Å². The van der Waals surface area contributed by atoms with Crippen LogP contribution in [0, 0.1) is 5.82 Å². The third-order valence-corrected chi connectivity index (χ3v) is 4.42. The number of aliphatic imine (C=N–C) groups is 1. The second-order valence-corrected chi connectivity index (χ2v) is 6.51. The van der Waals surface area contributed by atoms with Gasteiger partial charge in [0.1, 0.15) is 17.3 Å². The van der Waals surface area contributed by atoms with Crippen LogP contribution in [0.4, 0.5) is 15.8 Å². The number of hydrogen-bond acceptors (Lipinski definition) is 5. The molecule has 0 saturated heterocycles. The van der Waals surface area contributed by atoms with Crippen LogP contribution in [0.25, 0.3) is 11.1 Å². The molecule has 6 nitrogen and oxygen atoms in total. The van der Waals surface area contributed by atoms with Crippen LogP contribution >= 0.6 is 11.6 Å². The molecular weight excluding hydrogens is 383 g/mol. The lowest BCUT2D eigenvalue weighted by atomic mass is 10.0. The number of aryl methyl sites for hydroxylation is 1. The highest BCUT2D eigenvalue weighted by Crippen LogP contribution is 2.39. The van der Waals surface area contributed by atoms with Crippen LogP contribution in [0.3, 0.4) is 0 Å². The third kappa shape index (κ3) is 3.70. The van der Waals surface area contributed by atoms with Crippen molar-refractivity contribution in [1.29, 1.82) is 0 Å². The van der Waals surface area contributed by atoms with Crippen molar-refractivity contribution in [2.75, 3.05) is 18.5 Å². The van der Waals surface area contributed by atoms with Crippen LogP contribution in [0.1, 0.15) is 5.56 Å². The molecule has 0 saturated carbocycles. The molecule has 2 aromatic carbocycles. The Morgan fingerprint density at radius 3 is 2.54 bits per heavy atom. The molecule has 0 aliphatic heterocycles. The Morgan fingerprint density at radius 1 is 1.14 bits per heavy atom. The Bertz CT molecular complexity index is 1140. The fourth-order valence-electron chi connectivity index (χ4n) is 2.76. The van der Waals surface area contributed by atoms with E-state index in [1.54, 1.807) is 38.5 Å². The van der Waals surface area contributed by atoms with Crippen molar-refractivity contribution in [2.45, 2.75) is 0 Å². The summed E-state index contributed by atoms with van der Waals surface area (Å²) in [4.78, 5) is 16.3. The normalized spacial score (nSPS) is 11.1. The molecule has 0 aliphatic carbocycles. The zero-order chi connectivity index (χ0) is 20.4. The molecule has 1 heterocycles. The third-order valence-electron chi connectivity index (χ3n) is 4.12. The van der Waals surface area contributed by atoms with Gasteiger partial charge in [-0.2, -0.15) is 0 Å². The minimum absolute atomic E-state index is 0.120. The summed E-state index contributed by atoms with van der Waals surface area (Å²) in [6.45, 7) is 0. The van der Waals surface area contributed by atoms with Gasteiger partial charge < -0.3 is 20.8 Å². The van der Waals surface area contributed by atoms with Crippen LogP contribution in [0.15, 0.2) is 52.4 Å². The number of nitrogens with zero attached hydrogens (tertiary/aromatic N) is 2. The first-order valence-electron chi connectivity index (χ1n) is 8.26. The predicted octanol–water partition coefficient (Wildman–Crippen LogP) is 3.85. The van der Waals surface area contributed by atoms with E-state index in [2.05, 4.69) is 4.99 Å². The number of anilines is 2. The van der Waals surface area contributed by atoms with E-state index >= 15 is 0 Å². The molecule has 0 spiro atoms. The van der Waals surface area contributed by atoms with Gasteiger partial charge in [0.25, 0.3) is 5.56 Å². The molecule has 4 N–H and O–H groups in total. The number of nitrogens with two attached hydrogens (primary N) is 2. The Balaban J connectivity index is 2.21. The van der Waals surface area contributed by atoms with Crippen LogP contribution in [-0.2, 0) is 7.05 Å². The van der Waals surface area contributed by atoms with Crippen molar-refractivity contribution in [2.24, 2.45) is 12.0 Å². The zero-order valence-electron chi connectivity index (χ0n) is 15.2. The van der Waals surface area contributed by atoms with Gasteiger partial charge in [0, 0.05) is 43.3 Å². The van der Waals surface area contributed by atoms with Gasteiger partial charge in [-0.05, 0) is 36.4 Å². The molecule has 0 aliphatic rings. The molecule has 144 valence electrons. The Morgan fingerprint density at radius 2 is 1.86 bits per heavy atom. The first-order valence-corrected chi connectivity index (χ1v) is 8.63. The summed E-state index contributed by atoms with van der Waals surface area (Å²) in [5.41, 5.74) is 14.0. The summed E-state index contributed by atoms with van der Waals surface area (Å²) in [5, 5.41) is 0.120. The quantitative estimate of drug-likeness (QED) is 0.513. The smallest absolute Gasteiger partial charge is 0.261 e. The van der Waals surface area contributed by atoms with Gasteiger partial charge in [0.05, 0.1) is 16.3 Å². The molecule has 0 fully saturated rings. The highest BCUT2D eigenvalue weighted by molar-refractivity contribution is 6.32. The average Bonchev–Trinajstić information content (AvgIpc) is 2.65. The molecule has 0 amide bonds. The van der Waals surface area contributed by atoms with Crippen molar-refractivity contribution < 1.29 is 9.13 Å². The summed E-state index contributed by atoms with van der Waals surface area (Å²) < 4.78 is 20.6. The highest BCUT2D eigenvalue weighted by atomic mass is 35.5. The summed E-state index contributed by atoms with van der Waals surface area (Å²) in [6, 6.07) is 8.82. The molecule has 0 radical (unpaired) electrons. The second kappa shape index (κ2) is 7.74. The molecule has 3 aromatic rings. The minimum atomic E-state index is -0.472. The Kier molecular flexibility index (Phi) is 5.37. The number of hydrogen-bond donors (Lipinski definition) is 2. The van der Waals surface area contributed by atoms with E-state index in [1.165, 1.54) is 22.9 Å². The molecular formula is C20H18ClFN4O2. The molecule has 8 heteroatoms. The maximum absolute atomic E-state index is 13.3. The number of rotatable bonds is 4. The highest BCUT2D eigenvalue weighted by Gasteiger charge is 2.17. The van der Waals surface area contributed by atoms with Gasteiger partial charge in [-0.15, -0.1) is 0 Å². The van der Waals surface area contributed by atoms with E-state index in [0.29, 0.717) is 22.6 Å². The molecule has 28 heavy (non-hydrogen) atoms. The van der Waals surface area contributed by atoms with E-state index in [4.69, 9.17) is 27.8 Å². The first kappa shape index (κ1) is 19.4. The van der Waals surface area contributed by atoms with E-state index in [0.717, 1.165) is 6.07 Å². The van der Waals surface area contributed by atoms with Crippen molar-refractivity contribution in [3.05, 3.63) is 69.4 Å². The predicted molar refractivity (Wildman–Crippen MR) is 111 cm³/mol. The van der Waals surface area contributed by atoms with E-state index in [-0.39, 0.29) is 27.6 Å². The van der Waals surface area contributed by atoms with Gasteiger partial charge in [-0.25, -0.2) is 4.39 Å². The van der Waals surface area contributed by atoms with Crippen molar-refractivity contribution in [3.8, 4) is 22.6 Å². The van der Waals surface area contributed by atoms with Gasteiger partial charge in [0.15, 0.2) is 0 Å². The lowest BCUT2D eigenvalue weighted by Crippen LogP contribution is -2.23. The molecule has 3 rings (SSSR count). The van der Waals surface area contributed by atoms with Crippen LogP contribution in [0.5, 0.6) is 11.5 Å². The van der Waals surface area contributed by atoms with Crippen LogP contribution < -0.4 is 21.8 Å². The number of ether oxygens (including phenoxy) is 1. The molecule has 0 unspecified atom stereocenters. The van der Waals surface area contributed by atoms with Crippen molar-refractivity contribution in [3.63, 3.8) is 0 Å². The summed E-state index contributed by atoms with van der Waals surface area (Å²) in [7, 11) is 3.17. The van der Waals surface area contributed by atoms with Gasteiger partial charge in [-0.3, -0.25) is 9.79 Å². The maximum atomic E-state index is 13.3. The molecule has 1 aromatic heterocycles. The van der Waals surface area contributed by atoms with E-state index < -0.39 is 5.82 Å². The topological polar surface area (TPSA) is 95.6 Å². The van der Waals surface area contributed by atoms with Crippen LogP contribution in [0.2, 0.25) is 5.02 Å². The fourth-order valence-corrected chi connectivity index (χ4v) is 2.97. The average molecular weight is 401 g/mol. The standard InChI is InChI=1S/C20H18ClFN4O2/c1-25-9-14-19(24)15(10-26(2)20(14)27)13-8-12(23)4-6-17(13)28-18-5-3-11(22)7-16(18)21/h3-10H,23-24H2,1-2H3.